The van der Waals surface area contributed by atoms with Gasteiger partial charge in [-0.2, -0.15) is 5.10 Å². The second kappa shape index (κ2) is 4.67. The number of hydrogen-bond acceptors (Lipinski definition) is 6. The second-order valence-corrected chi connectivity index (χ2v) is 6.44. The fraction of sp³-hybridized carbons (Fsp3) is 0.333. The summed E-state index contributed by atoms with van der Waals surface area (Å²) in [4.78, 5) is 4.16. The van der Waals surface area contributed by atoms with E-state index in [1.807, 2.05) is 12.3 Å². The van der Waals surface area contributed by atoms with Gasteiger partial charge in [-0.1, -0.05) is 0 Å². The first-order chi connectivity index (χ1) is 8.38. The van der Waals surface area contributed by atoms with Crippen molar-refractivity contribution in [2.75, 3.05) is 5.73 Å². The number of nitrogens with two attached hydrogens (primary N) is 1. The average Bonchev–Trinajstić information content (AvgIpc) is 2.82. The second-order valence-electron chi connectivity index (χ2n) is 3.76. The van der Waals surface area contributed by atoms with Crippen molar-refractivity contribution in [3.8, 4) is 0 Å². The molecule has 2 aromatic rings. The smallest absolute Gasteiger partial charge is 0.246 e. The van der Waals surface area contributed by atoms with Crippen molar-refractivity contribution < 1.29 is 8.42 Å². The van der Waals surface area contributed by atoms with Crippen molar-refractivity contribution in [2.24, 2.45) is 7.05 Å². The molecule has 2 heterocycles. The zero-order valence-corrected chi connectivity index (χ0v) is 11.5. The van der Waals surface area contributed by atoms with Crippen molar-refractivity contribution >= 4 is 27.2 Å². The van der Waals surface area contributed by atoms with E-state index in [1.54, 1.807) is 7.05 Å². The lowest BCUT2D eigenvalue weighted by molar-refractivity contribution is 0.581. The van der Waals surface area contributed by atoms with E-state index in [-0.39, 0.29) is 17.3 Å². The van der Waals surface area contributed by atoms with Crippen LogP contribution in [-0.4, -0.2) is 23.2 Å². The van der Waals surface area contributed by atoms with E-state index >= 15 is 0 Å². The van der Waals surface area contributed by atoms with Gasteiger partial charge in [-0.3, -0.25) is 4.68 Å². The molecule has 7 nitrogen and oxygen atoms in total. The number of hydrogen-bond donors (Lipinski definition) is 2. The lowest BCUT2D eigenvalue weighted by atomic mass is 10.6. The third-order valence-corrected chi connectivity index (χ3v) is 4.58. The van der Waals surface area contributed by atoms with Gasteiger partial charge in [0.2, 0.25) is 10.0 Å². The molecular formula is C9H13N5O2S2. The standard InChI is InChI=1S/C9H13N5O2S2/c1-6-5-17-8(12-6)3-11-18(15,16)7-4-14(2)13-9(7)10/h4-5,11H,3H2,1-2H3,(H2,10,13). The van der Waals surface area contributed by atoms with Crippen LogP contribution in [0.2, 0.25) is 0 Å². The number of nitrogens with zero attached hydrogens (tertiary/aromatic N) is 3. The van der Waals surface area contributed by atoms with Crippen molar-refractivity contribution in [1.82, 2.24) is 19.5 Å². The van der Waals surface area contributed by atoms with Crippen molar-refractivity contribution in [1.29, 1.82) is 0 Å². The fourth-order valence-electron chi connectivity index (χ4n) is 1.41. The summed E-state index contributed by atoms with van der Waals surface area (Å²) >= 11 is 1.40. The topological polar surface area (TPSA) is 103 Å². The maximum Gasteiger partial charge on any atom is 0.246 e. The number of anilines is 1. The average molecular weight is 287 g/mol. The van der Waals surface area contributed by atoms with Crippen LogP contribution < -0.4 is 10.5 Å². The molecule has 0 fully saturated rings. The van der Waals surface area contributed by atoms with E-state index in [9.17, 15) is 8.42 Å². The maximum atomic E-state index is 12.0. The molecule has 0 aromatic carbocycles. The van der Waals surface area contributed by atoms with Crippen LogP contribution >= 0.6 is 11.3 Å². The molecule has 0 unspecified atom stereocenters. The Labute approximate surface area is 109 Å². The lowest BCUT2D eigenvalue weighted by Crippen LogP contribution is -2.23. The Bertz CT molecular complexity index is 658. The van der Waals surface area contributed by atoms with Gasteiger partial charge in [0.1, 0.15) is 9.90 Å². The van der Waals surface area contributed by atoms with Crippen LogP contribution in [0.25, 0.3) is 0 Å². The highest BCUT2D eigenvalue weighted by atomic mass is 32.2. The lowest BCUT2D eigenvalue weighted by Gasteiger charge is -2.02. The monoisotopic (exact) mass is 287 g/mol. The van der Waals surface area contributed by atoms with Gasteiger partial charge in [-0.25, -0.2) is 18.1 Å². The van der Waals surface area contributed by atoms with Gasteiger partial charge in [-0.05, 0) is 6.92 Å². The molecule has 2 aromatic heterocycles. The van der Waals surface area contributed by atoms with Crippen LogP contribution in [0.15, 0.2) is 16.5 Å². The Morgan fingerprint density at radius 2 is 2.28 bits per heavy atom. The van der Waals surface area contributed by atoms with Crippen molar-refractivity contribution in [3.63, 3.8) is 0 Å². The van der Waals surface area contributed by atoms with E-state index in [0.717, 1.165) is 5.69 Å². The minimum absolute atomic E-state index is 0.0136. The summed E-state index contributed by atoms with van der Waals surface area (Å²) in [5, 5.41) is 6.37. The third-order valence-electron chi connectivity index (χ3n) is 2.19. The molecule has 0 spiro atoms. The molecule has 0 radical (unpaired) electrons. The molecule has 18 heavy (non-hydrogen) atoms. The quantitative estimate of drug-likeness (QED) is 0.839. The van der Waals surface area contributed by atoms with E-state index in [2.05, 4.69) is 14.8 Å². The molecule has 0 atom stereocenters. The number of aromatic nitrogens is 3. The Kier molecular flexibility index (Phi) is 3.37. The minimum atomic E-state index is -3.65. The van der Waals surface area contributed by atoms with Crippen LogP contribution in [0.4, 0.5) is 5.82 Å². The summed E-state index contributed by atoms with van der Waals surface area (Å²) in [7, 11) is -2.04. The Morgan fingerprint density at radius 1 is 1.56 bits per heavy atom. The number of sulfonamides is 1. The van der Waals surface area contributed by atoms with Crippen molar-refractivity contribution in [2.45, 2.75) is 18.4 Å². The van der Waals surface area contributed by atoms with E-state index in [1.165, 1.54) is 22.2 Å². The molecule has 0 saturated carbocycles. The van der Waals surface area contributed by atoms with Crippen molar-refractivity contribution in [3.05, 3.63) is 22.3 Å². The zero-order valence-electron chi connectivity index (χ0n) is 9.91. The molecular weight excluding hydrogens is 274 g/mol. The van der Waals surface area contributed by atoms with E-state index in [0.29, 0.717) is 5.01 Å². The Morgan fingerprint density at radius 3 is 2.78 bits per heavy atom. The zero-order chi connectivity index (χ0) is 13.3. The number of rotatable bonds is 4. The summed E-state index contributed by atoms with van der Waals surface area (Å²) < 4.78 is 27.8. The van der Waals surface area contributed by atoms with Crippen LogP contribution in [0.1, 0.15) is 10.7 Å². The summed E-state index contributed by atoms with van der Waals surface area (Å²) in [5.41, 5.74) is 6.41. The van der Waals surface area contributed by atoms with Gasteiger partial charge < -0.3 is 5.73 Å². The highest BCUT2D eigenvalue weighted by Crippen LogP contribution is 2.16. The van der Waals surface area contributed by atoms with E-state index in [4.69, 9.17) is 5.73 Å². The van der Waals surface area contributed by atoms with Gasteiger partial charge in [0, 0.05) is 24.3 Å². The van der Waals surface area contributed by atoms with Gasteiger partial charge in [0.05, 0.1) is 6.54 Å². The first-order valence-corrected chi connectivity index (χ1v) is 7.44. The van der Waals surface area contributed by atoms with Gasteiger partial charge in [0.15, 0.2) is 5.82 Å². The van der Waals surface area contributed by atoms with E-state index < -0.39 is 10.0 Å². The summed E-state index contributed by atoms with van der Waals surface area (Å²) in [6.45, 7) is 2.00. The first kappa shape index (κ1) is 13.0. The molecule has 0 bridgehead atoms. The highest BCUT2D eigenvalue weighted by Gasteiger charge is 2.20. The number of nitrogen functional groups attached to an aromatic ring is 1. The molecule has 0 amide bonds. The normalized spacial score (nSPS) is 11.9. The molecule has 0 aliphatic carbocycles. The minimum Gasteiger partial charge on any atom is -0.381 e. The Hall–Kier alpha value is -1.45. The Balaban J connectivity index is 2.15. The molecule has 0 saturated heterocycles. The molecule has 0 aliphatic heterocycles. The fourth-order valence-corrected chi connectivity index (χ4v) is 3.30. The van der Waals surface area contributed by atoms with Crippen LogP contribution in [0, 0.1) is 6.92 Å². The highest BCUT2D eigenvalue weighted by molar-refractivity contribution is 7.89. The summed E-state index contributed by atoms with van der Waals surface area (Å²) in [5.74, 6) is -0.0136. The predicted octanol–water partition coefficient (Wildman–Crippen LogP) is 0.246. The van der Waals surface area contributed by atoms with Gasteiger partial charge >= 0.3 is 0 Å². The number of thiazole rings is 1. The molecule has 98 valence electrons. The van der Waals surface area contributed by atoms with Crippen LogP contribution in [-0.2, 0) is 23.6 Å². The van der Waals surface area contributed by atoms with Gasteiger partial charge in [0.25, 0.3) is 0 Å². The number of aryl methyl sites for hydroxylation is 2. The maximum absolute atomic E-state index is 12.0. The molecule has 0 aliphatic rings. The van der Waals surface area contributed by atoms with Crippen LogP contribution in [0.5, 0.6) is 0 Å². The summed E-state index contributed by atoms with van der Waals surface area (Å²) in [6, 6.07) is 0. The SMILES string of the molecule is Cc1csc(CNS(=O)(=O)c2cn(C)nc2N)n1. The first-order valence-electron chi connectivity index (χ1n) is 5.08. The van der Waals surface area contributed by atoms with Crippen LogP contribution in [0.3, 0.4) is 0 Å². The summed E-state index contributed by atoms with van der Waals surface area (Å²) in [6.07, 6.45) is 1.37. The molecule has 3 N–H and O–H groups in total. The number of nitrogens with one attached hydrogen (secondary N) is 1. The largest absolute Gasteiger partial charge is 0.381 e. The predicted molar refractivity (Wildman–Crippen MR) is 68.5 cm³/mol. The third kappa shape index (κ3) is 2.68. The molecule has 2 rings (SSSR count). The van der Waals surface area contributed by atoms with Gasteiger partial charge in [-0.15, -0.1) is 11.3 Å². The molecule has 9 heteroatoms.